The first-order chi connectivity index (χ1) is 9.45. The molecule has 104 valence electrons. The van der Waals surface area contributed by atoms with Gasteiger partial charge < -0.3 is 10.1 Å². The zero-order valence-electron chi connectivity index (χ0n) is 11.3. The van der Waals surface area contributed by atoms with Gasteiger partial charge >= 0.3 is 0 Å². The Kier molecular flexibility index (Phi) is 3.09. The molecular weight excluding hydrogens is 277 g/mol. The Hall–Kier alpha value is -1.74. The van der Waals surface area contributed by atoms with E-state index in [0.29, 0.717) is 10.7 Å². The average Bonchev–Trinajstić information content (AvgIpc) is 2.59. The van der Waals surface area contributed by atoms with Gasteiger partial charge in [0, 0.05) is 16.3 Å². The van der Waals surface area contributed by atoms with Gasteiger partial charge in [-0.2, -0.15) is 0 Å². The fraction of sp³-hybridized carbons (Fsp3) is 0.250. The van der Waals surface area contributed by atoms with Crippen molar-refractivity contribution in [3.8, 4) is 5.75 Å². The molecule has 0 amide bonds. The summed E-state index contributed by atoms with van der Waals surface area (Å²) in [5.41, 5.74) is 1.30. The van der Waals surface area contributed by atoms with Crippen LogP contribution in [0.25, 0.3) is 0 Å². The highest BCUT2D eigenvalue weighted by molar-refractivity contribution is 6.30. The molecule has 0 spiro atoms. The number of fused-ring (bicyclic) bond motifs is 1. The summed E-state index contributed by atoms with van der Waals surface area (Å²) in [7, 11) is 0. The third kappa shape index (κ3) is 2.34. The van der Waals surface area contributed by atoms with Gasteiger partial charge in [0.1, 0.15) is 17.2 Å². The van der Waals surface area contributed by atoms with Gasteiger partial charge in [0.25, 0.3) is 0 Å². The lowest BCUT2D eigenvalue weighted by atomic mass is 9.94. The molecule has 0 aliphatic carbocycles. The van der Waals surface area contributed by atoms with E-state index < -0.39 is 5.60 Å². The normalized spacial score (nSPS) is 19.3. The van der Waals surface area contributed by atoms with Gasteiger partial charge in [0.15, 0.2) is 0 Å². The quantitative estimate of drug-likeness (QED) is 0.858. The highest BCUT2D eigenvalue weighted by atomic mass is 35.5. The Morgan fingerprint density at radius 1 is 1.20 bits per heavy atom. The maximum atomic E-state index is 13.4. The number of ether oxygens (including phenoxy) is 1. The van der Waals surface area contributed by atoms with Crippen LogP contribution in [0.15, 0.2) is 42.5 Å². The van der Waals surface area contributed by atoms with Crippen molar-refractivity contribution in [3.05, 3.63) is 58.9 Å². The second-order valence-corrected chi connectivity index (χ2v) is 5.92. The van der Waals surface area contributed by atoms with E-state index in [1.165, 1.54) is 12.1 Å². The molecule has 0 saturated heterocycles. The van der Waals surface area contributed by atoms with Crippen LogP contribution in [0.1, 0.15) is 25.5 Å². The molecule has 3 rings (SSSR count). The van der Waals surface area contributed by atoms with Crippen molar-refractivity contribution in [1.82, 2.24) is 0 Å². The van der Waals surface area contributed by atoms with Gasteiger partial charge in [-0.1, -0.05) is 29.8 Å². The van der Waals surface area contributed by atoms with E-state index in [1.54, 1.807) is 6.07 Å². The van der Waals surface area contributed by atoms with Crippen LogP contribution in [0.2, 0.25) is 5.02 Å². The number of hydrogen-bond acceptors (Lipinski definition) is 2. The fourth-order valence-electron chi connectivity index (χ4n) is 2.58. The Labute approximate surface area is 122 Å². The summed E-state index contributed by atoms with van der Waals surface area (Å²) in [6.45, 7) is 4.01. The lowest BCUT2D eigenvalue weighted by Crippen LogP contribution is -2.34. The van der Waals surface area contributed by atoms with Gasteiger partial charge in [-0.3, -0.25) is 0 Å². The highest BCUT2D eigenvalue weighted by Gasteiger charge is 2.40. The summed E-state index contributed by atoms with van der Waals surface area (Å²) in [4.78, 5) is 0. The molecule has 1 N–H and O–H groups in total. The van der Waals surface area contributed by atoms with Crippen molar-refractivity contribution >= 4 is 17.3 Å². The molecule has 4 heteroatoms. The Balaban J connectivity index is 1.97. The standard InChI is InChI=1S/C16H15ClFNO/c1-16(2)15(13-5-3-4-6-14(13)20-16)19-12-8-10(17)7-11(18)9-12/h3-9,15,19H,1-2H3. The minimum absolute atomic E-state index is 0.0587. The second kappa shape index (κ2) is 4.67. The lowest BCUT2D eigenvalue weighted by Gasteiger charge is -2.28. The largest absolute Gasteiger partial charge is 0.485 e. The molecule has 0 saturated carbocycles. The number of rotatable bonds is 2. The predicted octanol–water partition coefficient (Wildman–Crippen LogP) is 4.80. The van der Waals surface area contributed by atoms with Crippen LogP contribution in [0.5, 0.6) is 5.75 Å². The van der Waals surface area contributed by atoms with Crippen LogP contribution in [0.3, 0.4) is 0 Å². The van der Waals surface area contributed by atoms with E-state index in [-0.39, 0.29) is 11.9 Å². The first kappa shape index (κ1) is 13.3. The molecule has 2 aromatic rings. The van der Waals surface area contributed by atoms with E-state index >= 15 is 0 Å². The number of para-hydroxylation sites is 1. The molecule has 0 bridgehead atoms. The van der Waals surface area contributed by atoms with E-state index in [4.69, 9.17) is 16.3 Å². The summed E-state index contributed by atoms with van der Waals surface area (Å²) < 4.78 is 19.4. The second-order valence-electron chi connectivity index (χ2n) is 5.48. The smallest absolute Gasteiger partial charge is 0.128 e. The zero-order valence-corrected chi connectivity index (χ0v) is 12.0. The summed E-state index contributed by atoms with van der Waals surface area (Å²) in [5.74, 6) is 0.502. The van der Waals surface area contributed by atoms with Crippen molar-refractivity contribution in [2.75, 3.05) is 5.32 Å². The number of anilines is 1. The molecule has 2 aromatic carbocycles. The van der Waals surface area contributed by atoms with Gasteiger partial charge in [-0.05, 0) is 38.1 Å². The predicted molar refractivity (Wildman–Crippen MR) is 78.9 cm³/mol. The molecule has 1 heterocycles. The van der Waals surface area contributed by atoms with Crippen molar-refractivity contribution in [2.45, 2.75) is 25.5 Å². The Morgan fingerprint density at radius 3 is 2.70 bits per heavy atom. The molecular formula is C16H15ClFNO. The highest BCUT2D eigenvalue weighted by Crippen LogP contribution is 2.44. The SMILES string of the molecule is CC1(C)Oc2ccccc2C1Nc1cc(F)cc(Cl)c1. The molecule has 1 atom stereocenters. The van der Waals surface area contributed by atoms with Crippen molar-refractivity contribution < 1.29 is 9.13 Å². The van der Waals surface area contributed by atoms with Crippen LogP contribution in [0.4, 0.5) is 10.1 Å². The molecule has 0 fully saturated rings. The third-order valence-electron chi connectivity index (χ3n) is 3.47. The van der Waals surface area contributed by atoms with Crippen LogP contribution in [0, 0.1) is 5.82 Å². The van der Waals surface area contributed by atoms with Crippen LogP contribution < -0.4 is 10.1 Å². The van der Waals surface area contributed by atoms with E-state index in [0.717, 1.165) is 11.3 Å². The van der Waals surface area contributed by atoms with Crippen LogP contribution >= 0.6 is 11.6 Å². The molecule has 0 radical (unpaired) electrons. The summed E-state index contributed by atoms with van der Waals surface area (Å²) in [6, 6.07) is 12.2. The summed E-state index contributed by atoms with van der Waals surface area (Å²) in [6.07, 6.45) is 0. The van der Waals surface area contributed by atoms with Gasteiger partial charge in [-0.25, -0.2) is 4.39 Å². The fourth-order valence-corrected chi connectivity index (χ4v) is 2.81. The molecule has 1 aliphatic heterocycles. The number of halogens is 2. The number of nitrogens with one attached hydrogen (secondary N) is 1. The molecule has 20 heavy (non-hydrogen) atoms. The van der Waals surface area contributed by atoms with E-state index in [1.807, 2.05) is 38.1 Å². The number of hydrogen-bond donors (Lipinski definition) is 1. The van der Waals surface area contributed by atoms with Crippen molar-refractivity contribution in [2.24, 2.45) is 0 Å². The zero-order chi connectivity index (χ0) is 14.3. The first-order valence-corrected chi connectivity index (χ1v) is 6.84. The van der Waals surface area contributed by atoms with Gasteiger partial charge in [0.2, 0.25) is 0 Å². The monoisotopic (exact) mass is 291 g/mol. The van der Waals surface area contributed by atoms with Crippen LogP contribution in [-0.4, -0.2) is 5.60 Å². The van der Waals surface area contributed by atoms with E-state index in [9.17, 15) is 4.39 Å². The average molecular weight is 292 g/mol. The van der Waals surface area contributed by atoms with Gasteiger partial charge in [-0.15, -0.1) is 0 Å². The topological polar surface area (TPSA) is 21.3 Å². The first-order valence-electron chi connectivity index (χ1n) is 6.46. The lowest BCUT2D eigenvalue weighted by molar-refractivity contribution is 0.118. The van der Waals surface area contributed by atoms with Gasteiger partial charge in [0.05, 0.1) is 6.04 Å². The molecule has 2 nitrogen and oxygen atoms in total. The molecule has 1 aliphatic rings. The summed E-state index contributed by atoms with van der Waals surface area (Å²) in [5, 5.41) is 3.69. The Morgan fingerprint density at radius 2 is 1.95 bits per heavy atom. The third-order valence-corrected chi connectivity index (χ3v) is 3.69. The number of benzene rings is 2. The Bertz CT molecular complexity index is 636. The minimum Gasteiger partial charge on any atom is -0.485 e. The minimum atomic E-state index is -0.414. The van der Waals surface area contributed by atoms with Crippen molar-refractivity contribution in [3.63, 3.8) is 0 Å². The summed E-state index contributed by atoms with van der Waals surface area (Å²) >= 11 is 5.90. The van der Waals surface area contributed by atoms with Crippen molar-refractivity contribution in [1.29, 1.82) is 0 Å². The molecule has 0 aromatic heterocycles. The van der Waals surface area contributed by atoms with Crippen LogP contribution in [-0.2, 0) is 0 Å². The maximum absolute atomic E-state index is 13.4. The maximum Gasteiger partial charge on any atom is 0.128 e. The van der Waals surface area contributed by atoms with E-state index in [2.05, 4.69) is 5.32 Å². The molecule has 1 unspecified atom stereocenters.